The van der Waals surface area contributed by atoms with Gasteiger partial charge in [0.2, 0.25) is 5.91 Å². The van der Waals surface area contributed by atoms with Crippen molar-refractivity contribution in [2.75, 3.05) is 11.5 Å². The molecule has 0 saturated heterocycles. The number of amides is 2. The number of benzene rings is 1. The van der Waals surface area contributed by atoms with Crippen LogP contribution in [0.1, 0.15) is 10.5 Å². The van der Waals surface area contributed by atoms with Gasteiger partial charge in [-0.2, -0.15) is 0 Å². The Hall–Kier alpha value is -2.28. The van der Waals surface area contributed by atoms with Crippen molar-refractivity contribution in [2.45, 2.75) is 4.90 Å². The van der Waals surface area contributed by atoms with E-state index in [1.807, 2.05) is 0 Å². The molecule has 0 bridgehead atoms. The van der Waals surface area contributed by atoms with Crippen molar-refractivity contribution in [3.05, 3.63) is 48.0 Å². The predicted molar refractivity (Wildman–Crippen MR) is 79.4 cm³/mol. The zero-order chi connectivity index (χ0) is 15.4. The van der Waals surface area contributed by atoms with Crippen molar-refractivity contribution in [3.63, 3.8) is 0 Å². The number of hydrogen-bond donors (Lipinski definition) is 2. The monoisotopic (exact) mass is 307 g/mol. The molecule has 0 spiro atoms. The molecule has 3 N–H and O–H groups in total. The summed E-state index contributed by atoms with van der Waals surface area (Å²) < 4.78 is 15.1. The molecule has 1 heterocycles. The highest BCUT2D eigenvalue weighted by atomic mass is 32.2. The van der Waals surface area contributed by atoms with Gasteiger partial charge >= 0.3 is 0 Å². The van der Waals surface area contributed by atoms with E-state index in [-0.39, 0.29) is 5.75 Å². The predicted octanol–water partition coefficient (Wildman–Crippen LogP) is 1.80. The van der Waals surface area contributed by atoms with Gasteiger partial charge in [0.05, 0.1) is 5.75 Å². The molecule has 1 aromatic heterocycles. The van der Waals surface area contributed by atoms with E-state index in [1.165, 1.54) is 12.1 Å². The maximum atomic E-state index is 13.5. The van der Waals surface area contributed by atoms with Crippen LogP contribution in [0.25, 0.3) is 0 Å². The zero-order valence-electron chi connectivity index (χ0n) is 11.3. The number of aromatic nitrogens is 1. The van der Waals surface area contributed by atoms with Gasteiger partial charge in [-0.25, -0.2) is 4.39 Å². The number of hydrogen-bond acceptors (Lipinski definition) is 4. The molecule has 0 radical (unpaired) electrons. The highest BCUT2D eigenvalue weighted by Gasteiger charge is 2.13. The van der Waals surface area contributed by atoms with Gasteiger partial charge in [0.15, 0.2) is 0 Å². The molecule has 0 saturated carbocycles. The number of rotatable bonds is 4. The first kappa shape index (κ1) is 15.1. The second-order valence-electron chi connectivity index (χ2n) is 4.36. The lowest BCUT2D eigenvalue weighted by atomic mass is 10.3. The number of anilines is 1. The molecule has 0 fully saturated rings. The van der Waals surface area contributed by atoms with Gasteiger partial charge < -0.3 is 10.3 Å². The summed E-state index contributed by atoms with van der Waals surface area (Å²) in [5.74, 6) is -1.51. The van der Waals surface area contributed by atoms with Gasteiger partial charge in [-0.05, 0) is 30.3 Å². The third kappa shape index (κ3) is 3.85. The second kappa shape index (κ2) is 6.45. The fourth-order valence-electron chi connectivity index (χ4n) is 1.70. The van der Waals surface area contributed by atoms with Crippen LogP contribution in [0.5, 0.6) is 0 Å². The van der Waals surface area contributed by atoms with Crippen molar-refractivity contribution in [3.8, 4) is 0 Å². The smallest absolute Gasteiger partial charge is 0.274 e. The standard InChI is InChI=1S/C14H14FN3O2S/c1-18-6-2-3-11(18)14(20)17-13(19)8-21-12-5-4-9(16)7-10(12)15/h2-7H,8,16H2,1H3,(H,17,19,20). The van der Waals surface area contributed by atoms with E-state index in [0.717, 1.165) is 11.8 Å². The normalized spacial score (nSPS) is 10.4. The summed E-state index contributed by atoms with van der Waals surface area (Å²) in [4.78, 5) is 23.8. The maximum Gasteiger partial charge on any atom is 0.274 e. The number of halogens is 1. The summed E-state index contributed by atoms with van der Waals surface area (Å²) in [5, 5.41) is 2.26. The summed E-state index contributed by atoms with van der Waals surface area (Å²) in [6, 6.07) is 7.56. The van der Waals surface area contributed by atoms with Gasteiger partial charge in [-0.3, -0.25) is 14.9 Å². The minimum atomic E-state index is -0.485. The van der Waals surface area contributed by atoms with Crippen LogP contribution in [0.3, 0.4) is 0 Å². The van der Waals surface area contributed by atoms with Crippen molar-refractivity contribution >= 4 is 29.3 Å². The summed E-state index contributed by atoms with van der Waals surface area (Å²) in [6.45, 7) is 0. The van der Waals surface area contributed by atoms with Crippen LogP contribution in [-0.2, 0) is 11.8 Å². The molecular formula is C14H14FN3O2S. The van der Waals surface area contributed by atoms with Crippen molar-refractivity contribution in [2.24, 2.45) is 7.05 Å². The Kier molecular flexibility index (Phi) is 4.64. The fourth-order valence-corrected chi connectivity index (χ4v) is 2.42. The third-order valence-corrected chi connectivity index (χ3v) is 3.79. The molecule has 1 aromatic carbocycles. The first-order valence-corrected chi connectivity index (χ1v) is 7.09. The summed E-state index contributed by atoms with van der Waals surface area (Å²) in [7, 11) is 1.71. The first-order chi connectivity index (χ1) is 9.97. The Balaban J connectivity index is 1.90. The van der Waals surface area contributed by atoms with Crippen LogP contribution in [-0.4, -0.2) is 22.1 Å². The first-order valence-electron chi connectivity index (χ1n) is 6.10. The molecule has 5 nitrogen and oxygen atoms in total. The number of nitrogens with two attached hydrogens (primary N) is 1. The number of aryl methyl sites for hydroxylation is 1. The molecule has 21 heavy (non-hydrogen) atoms. The molecule has 7 heteroatoms. The highest BCUT2D eigenvalue weighted by Crippen LogP contribution is 2.23. The van der Waals surface area contributed by atoms with E-state index >= 15 is 0 Å². The SMILES string of the molecule is Cn1cccc1C(=O)NC(=O)CSc1ccc(N)cc1F. The quantitative estimate of drug-likeness (QED) is 0.667. The molecular weight excluding hydrogens is 293 g/mol. The van der Waals surface area contributed by atoms with E-state index in [1.54, 1.807) is 36.0 Å². The number of imide groups is 1. The van der Waals surface area contributed by atoms with Gasteiger partial charge in [-0.15, -0.1) is 11.8 Å². The maximum absolute atomic E-state index is 13.5. The Morgan fingerprint density at radius 1 is 1.38 bits per heavy atom. The third-order valence-electron chi connectivity index (χ3n) is 2.74. The Morgan fingerprint density at radius 3 is 2.76 bits per heavy atom. The van der Waals surface area contributed by atoms with Crippen molar-refractivity contribution in [1.29, 1.82) is 0 Å². The molecule has 0 aliphatic carbocycles. The van der Waals surface area contributed by atoms with Crippen LogP contribution in [0.4, 0.5) is 10.1 Å². The van der Waals surface area contributed by atoms with Crippen LogP contribution in [0.15, 0.2) is 41.4 Å². The Morgan fingerprint density at radius 2 is 2.14 bits per heavy atom. The van der Waals surface area contributed by atoms with Gasteiger partial charge in [0, 0.05) is 23.8 Å². The van der Waals surface area contributed by atoms with E-state index < -0.39 is 17.6 Å². The molecule has 0 atom stereocenters. The molecule has 2 aromatic rings. The van der Waals surface area contributed by atoms with Gasteiger partial charge in [0.25, 0.3) is 5.91 Å². The Labute approximate surface area is 125 Å². The average molecular weight is 307 g/mol. The van der Waals surface area contributed by atoms with Crippen LogP contribution in [0, 0.1) is 5.82 Å². The van der Waals surface area contributed by atoms with Crippen LogP contribution < -0.4 is 11.1 Å². The Bertz CT molecular complexity index is 685. The number of thioether (sulfide) groups is 1. The van der Waals surface area contributed by atoms with E-state index in [4.69, 9.17) is 5.73 Å². The summed E-state index contributed by atoms with van der Waals surface area (Å²) >= 11 is 1.01. The number of carbonyl (C=O) groups excluding carboxylic acids is 2. The second-order valence-corrected chi connectivity index (χ2v) is 5.38. The topological polar surface area (TPSA) is 77.1 Å². The van der Waals surface area contributed by atoms with Gasteiger partial charge in [0.1, 0.15) is 11.5 Å². The number of nitrogens with one attached hydrogen (secondary N) is 1. The number of nitrogens with zero attached hydrogens (tertiary/aromatic N) is 1. The molecule has 2 rings (SSSR count). The van der Waals surface area contributed by atoms with Crippen LogP contribution >= 0.6 is 11.8 Å². The molecule has 0 unspecified atom stereocenters. The lowest BCUT2D eigenvalue weighted by Crippen LogP contribution is -2.32. The molecule has 110 valence electrons. The summed E-state index contributed by atoms with van der Waals surface area (Å²) in [6.07, 6.45) is 1.71. The fraction of sp³-hybridized carbons (Fsp3) is 0.143. The van der Waals surface area contributed by atoms with E-state index in [2.05, 4.69) is 5.32 Å². The van der Waals surface area contributed by atoms with E-state index in [0.29, 0.717) is 16.3 Å². The largest absolute Gasteiger partial charge is 0.399 e. The van der Waals surface area contributed by atoms with Gasteiger partial charge in [-0.1, -0.05) is 0 Å². The molecule has 2 amide bonds. The van der Waals surface area contributed by atoms with Crippen LogP contribution in [0.2, 0.25) is 0 Å². The highest BCUT2D eigenvalue weighted by molar-refractivity contribution is 8.00. The lowest BCUT2D eigenvalue weighted by molar-refractivity contribution is -0.117. The lowest BCUT2D eigenvalue weighted by Gasteiger charge is -2.06. The number of carbonyl (C=O) groups is 2. The minimum absolute atomic E-state index is 0.0585. The average Bonchev–Trinajstić information content (AvgIpc) is 2.84. The van der Waals surface area contributed by atoms with Crippen molar-refractivity contribution in [1.82, 2.24) is 9.88 Å². The van der Waals surface area contributed by atoms with E-state index in [9.17, 15) is 14.0 Å². The summed E-state index contributed by atoms with van der Waals surface area (Å²) in [5.41, 5.74) is 6.14. The minimum Gasteiger partial charge on any atom is -0.399 e. The zero-order valence-corrected chi connectivity index (χ0v) is 12.1. The molecule has 0 aliphatic rings. The molecule has 0 aliphatic heterocycles. The van der Waals surface area contributed by atoms with Crippen molar-refractivity contribution < 1.29 is 14.0 Å². The number of nitrogen functional groups attached to an aromatic ring is 1.